The molecular formula is C18H33NO3. The van der Waals surface area contributed by atoms with Gasteiger partial charge in [-0.25, -0.2) is 0 Å². The Morgan fingerprint density at radius 1 is 1.09 bits per heavy atom. The van der Waals surface area contributed by atoms with Crippen LogP contribution in [0.4, 0.5) is 0 Å². The fourth-order valence-electron chi connectivity index (χ4n) is 2.76. The van der Waals surface area contributed by atoms with E-state index in [-0.39, 0.29) is 17.9 Å². The highest BCUT2D eigenvalue weighted by atomic mass is 16.5. The Morgan fingerprint density at radius 3 is 2.27 bits per heavy atom. The average Bonchev–Trinajstić information content (AvgIpc) is 2.47. The molecule has 128 valence electrons. The number of carbonyl (C=O) groups is 2. The molecule has 0 aliphatic carbocycles. The predicted octanol–water partition coefficient (Wildman–Crippen LogP) is 3.44. The number of ketones is 1. The summed E-state index contributed by atoms with van der Waals surface area (Å²) in [5.41, 5.74) is 0. The first-order valence-corrected chi connectivity index (χ1v) is 8.82. The van der Waals surface area contributed by atoms with E-state index in [1.54, 1.807) is 0 Å². The van der Waals surface area contributed by atoms with Crippen LogP contribution in [0.1, 0.15) is 66.2 Å². The largest absolute Gasteiger partial charge is 0.379 e. The molecule has 0 aromatic carbocycles. The van der Waals surface area contributed by atoms with Crippen molar-refractivity contribution in [2.75, 3.05) is 19.7 Å². The minimum atomic E-state index is 0.132. The van der Waals surface area contributed by atoms with Crippen LogP contribution >= 0.6 is 0 Å². The van der Waals surface area contributed by atoms with Crippen molar-refractivity contribution in [3.8, 4) is 0 Å². The standard InChI is InChI=1S/C18H33NO3/c1-14(2)17(20)13-16-8-10-19(11-9-16)18(21)7-5-6-12-22-15(3)4/h14-16H,5-13H2,1-4H3. The van der Waals surface area contributed by atoms with E-state index in [0.29, 0.717) is 24.5 Å². The summed E-state index contributed by atoms with van der Waals surface area (Å²) in [5, 5.41) is 0. The van der Waals surface area contributed by atoms with Gasteiger partial charge < -0.3 is 9.64 Å². The van der Waals surface area contributed by atoms with E-state index in [2.05, 4.69) is 0 Å². The third-order valence-electron chi connectivity index (χ3n) is 4.34. The lowest BCUT2D eigenvalue weighted by Gasteiger charge is -2.32. The zero-order chi connectivity index (χ0) is 16.5. The van der Waals surface area contributed by atoms with Gasteiger partial charge in [0.05, 0.1) is 6.10 Å². The Kier molecular flexibility index (Phi) is 8.69. The molecule has 0 aromatic heterocycles. The van der Waals surface area contributed by atoms with Gasteiger partial charge in [0.2, 0.25) is 5.91 Å². The molecule has 1 aliphatic rings. The molecule has 0 aromatic rings. The van der Waals surface area contributed by atoms with Gasteiger partial charge in [0.25, 0.3) is 0 Å². The van der Waals surface area contributed by atoms with Gasteiger partial charge in [-0.1, -0.05) is 13.8 Å². The molecule has 1 fully saturated rings. The molecule has 1 aliphatic heterocycles. The smallest absolute Gasteiger partial charge is 0.222 e. The minimum absolute atomic E-state index is 0.132. The highest BCUT2D eigenvalue weighted by Crippen LogP contribution is 2.23. The molecule has 0 N–H and O–H groups in total. The quantitative estimate of drug-likeness (QED) is 0.613. The van der Waals surface area contributed by atoms with E-state index < -0.39 is 0 Å². The Bertz CT molecular complexity index is 344. The van der Waals surface area contributed by atoms with E-state index in [1.165, 1.54) is 0 Å². The summed E-state index contributed by atoms with van der Waals surface area (Å²) in [6.07, 6.45) is 5.37. The van der Waals surface area contributed by atoms with E-state index in [0.717, 1.165) is 45.4 Å². The van der Waals surface area contributed by atoms with Crippen LogP contribution in [0.25, 0.3) is 0 Å². The number of piperidine rings is 1. The van der Waals surface area contributed by atoms with Crippen LogP contribution in [0.3, 0.4) is 0 Å². The van der Waals surface area contributed by atoms with Gasteiger partial charge in [-0.05, 0) is 45.4 Å². The molecule has 1 saturated heterocycles. The summed E-state index contributed by atoms with van der Waals surface area (Å²) in [6.45, 7) is 10.4. The molecule has 0 atom stereocenters. The van der Waals surface area contributed by atoms with Crippen LogP contribution in [0.15, 0.2) is 0 Å². The lowest BCUT2D eigenvalue weighted by molar-refractivity contribution is -0.132. The van der Waals surface area contributed by atoms with Crippen molar-refractivity contribution in [2.24, 2.45) is 11.8 Å². The number of Topliss-reactive ketones (excluding diaryl/α,β-unsaturated/α-hetero) is 1. The fourth-order valence-corrected chi connectivity index (χ4v) is 2.76. The lowest BCUT2D eigenvalue weighted by atomic mass is 9.89. The molecule has 0 radical (unpaired) electrons. The molecule has 0 spiro atoms. The molecule has 4 nitrogen and oxygen atoms in total. The Morgan fingerprint density at radius 2 is 1.73 bits per heavy atom. The second-order valence-corrected chi connectivity index (χ2v) is 7.03. The fraction of sp³-hybridized carbons (Fsp3) is 0.889. The van der Waals surface area contributed by atoms with Crippen molar-refractivity contribution in [1.29, 1.82) is 0 Å². The first-order valence-electron chi connectivity index (χ1n) is 8.82. The van der Waals surface area contributed by atoms with E-state index >= 15 is 0 Å². The second-order valence-electron chi connectivity index (χ2n) is 7.03. The summed E-state index contributed by atoms with van der Waals surface area (Å²) < 4.78 is 5.48. The maximum Gasteiger partial charge on any atom is 0.222 e. The van der Waals surface area contributed by atoms with Gasteiger partial charge in [-0.15, -0.1) is 0 Å². The summed E-state index contributed by atoms with van der Waals surface area (Å²) in [7, 11) is 0. The highest BCUT2D eigenvalue weighted by Gasteiger charge is 2.24. The second kappa shape index (κ2) is 9.98. The third-order valence-corrected chi connectivity index (χ3v) is 4.34. The Labute approximate surface area is 135 Å². The van der Waals surface area contributed by atoms with Gasteiger partial charge in [-0.3, -0.25) is 9.59 Å². The molecule has 1 heterocycles. The summed E-state index contributed by atoms with van der Waals surface area (Å²) >= 11 is 0. The first-order chi connectivity index (χ1) is 10.4. The third kappa shape index (κ3) is 7.39. The van der Waals surface area contributed by atoms with Crippen LogP contribution < -0.4 is 0 Å². The molecular weight excluding hydrogens is 278 g/mol. The lowest BCUT2D eigenvalue weighted by Crippen LogP contribution is -2.39. The van der Waals surface area contributed by atoms with Crippen molar-refractivity contribution in [3.05, 3.63) is 0 Å². The minimum Gasteiger partial charge on any atom is -0.379 e. The Hall–Kier alpha value is -0.900. The SMILES string of the molecule is CC(C)OCCCCC(=O)N1CCC(CC(=O)C(C)C)CC1. The van der Waals surface area contributed by atoms with Crippen LogP contribution in [-0.2, 0) is 14.3 Å². The average molecular weight is 311 g/mol. The van der Waals surface area contributed by atoms with Crippen molar-refractivity contribution in [2.45, 2.75) is 72.3 Å². The van der Waals surface area contributed by atoms with Crippen molar-refractivity contribution < 1.29 is 14.3 Å². The summed E-state index contributed by atoms with van der Waals surface area (Å²) in [5.74, 6) is 1.22. The van der Waals surface area contributed by atoms with Gasteiger partial charge in [0.1, 0.15) is 5.78 Å². The van der Waals surface area contributed by atoms with Crippen molar-refractivity contribution >= 4 is 11.7 Å². The van der Waals surface area contributed by atoms with Crippen LogP contribution in [0, 0.1) is 11.8 Å². The van der Waals surface area contributed by atoms with E-state index in [1.807, 2.05) is 32.6 Å². The number of hydrogen-bond acceptors (Lipinski definition) is 3. The number of hydrogen-bond donors (Lipinski definition) is 0. The number of unbranched alkanes of at least 4 members (excludes halogenated alkanes) is 1. The zero-order valence-electron chi connectivity index (χ0n) is 14.8. The first kappa shape index (κ1) is 19.1. The molecule has 0 bridgehead atoms. The molecule has 22 heavy (non-hydrogen) atoms. The maximum absolute atomic E-state index is 12.2. The van der Waals surface area contributed by atoms with Gasteiger partial charge in [-0.2, -0.15) is 0 Å². The number of ether oxygens (including phenoxy) is 1. The number of amides is 1. The van der Waals surface area contributed by atoms with Gasteiger partial charge >= 0.3 is 0 Å². The molecule has 4 heteroatoms. The van der Waals surface area contributed by atoms with Gasteiger partial charge in [0.15, 0.2) is 0 Å². The Balaban J connectivity index is 2.15. The number of rotatable bonds is 9. The highest BCUT2D eigenvalue weighted by molar-refractivity contribution is 5.80. The predicted molar refractivity (Wildman–Crippen MR) is 88.7 cm³/mol. The van der Waals surface area contributed by atoms with Crippen LogP contribution in [0.5, 0.6) is 0 Å². The van der Waals surface area contributed by atoms with Crippen LogP contribution in [-0.4, -0.2) is 42.4 Å². The zero-order valence-corrected chi connectivity index (χ0v) is 14.8. The molecule has 0 unspecified atom stereocenters. The molecule has 1 amide bonds. The normalized spacial score (nSPS) is 16.5. The van der Waals surface area contributed by atoms with Crippen molar-refractivity contribution in [1.82, 2.24) is 4.90 Å². The van der Waals surface area contributed by atoms with Crippen LogP contribution in [0.2, 0.25) is 0 Å². The number of nitrogens with zero attached hydrogens (tertiary/aromatic N) is 1. The van der Waals surface area contributed by atoms with Gasteiger partial charge in [0, 0.05) is 38.5 Å². The molecule has 1 rings (SSSR count). The van der Waals surface area contributed by atoms with Crippen molar-refractivity contribution in [3.63, 3.8) is 0 Å². The van der Waals surface area contributed by atoms with E-state index in [4.69, 9.17) is 4.74 Å². The topological polar surface area (TPSA) is 46.6 Å². The summed E-state index contributed by atoms with van der Waals surface area (Å²) in [6, 6.07) is 0. The summed E-state index contributed by atoms with van der Waals surface area (Å²) in [4.78, 5) is 25.9. The number of carbonyl (C=O) groups excluding carboxylic acids is 2. The monoisotopic (exact) mass is 311 g/mol. The number of likely N-dealkylation sites (tertiary alicyclic amines) is 1. The van der Waals surface area contributed by atoms with E-state index in [9.17, 15) is 9.59 Å². The molecule has 0 saturated carbocycles. The maximum atomic E-state index is 12.2.